The largest absolute Gasteiger partial charge is 0.469 e. The van der Waals surface area contributed by atoms with Crippen LogP contribution >= 0.6 is 23.2 Å². The third kappa shape index (κ3) is 3.44. The summed E-state index contributed by atoms with van der Waals surface area (Å²) < 4.78 is 5.32. The van der Waals surface area contributed by atoms with Gasteiger partial charge in [0.2, 0.25) is 0 Å². The second-order valence-electron chi connectivity index (χ2n) is 5.08. The van der Waals surface area contributed by atoms with Crippen molar-refractivity contribution < 1.29 is 18.8 Å². The normalized spacial score (nSPS) is 15.0. The van der Waals surface area contributed by atoms with E-state index in [1.165, 1.54) is 12.1 Å². The molecule has 1 aliphatic rings. The fraction of sp³-hybridized carbons (Fsp3) is 0.188. The highest BCUT2D eigenvalue weighted by atomic mass is 35.5. The van der Waals surface area contributed by atoms with Gasteiger partial charge in [-0.25, -0.2) is 4.79 Å². The predicted octanol–water partition coefficient (Wildman–Crippen LogP) is 4.19. The van der Waals surface area contributed by atoms with Gasteiger partial charge in [0.15, 0.2) is 0 Å². The predicted molar refractivity (Wildman–Crippen MR) is 88.6 cm³/mol. The first-order chi connectivity index (χ1) is 11.6. The number of benzene rings is 1. The molecule has 0 atom stereocenters. The van der Waals surface area contributed by atoms with Gasteiger partial charge >= 0.3 is 6.09 Å². The highest BCUT2D eigenvalue weighted by Crippen LogP contribution is 2.24. The van der Waals surface area contributed by atoms with E-state index in [2.05, 4.69) is 5.16 Å². The van der Waals surface area contributed by atoms with Gasteiger partial charge in [0.25, 0.3) is 5.91 Å². The van der Waals surface area contributed by atoms with Gasteiger partial charge in [-0.1, -0.05) is 34.4 Å². The summed E-state index contributed by atoms with van der Waals surface area (Å²) in [6.45, 7) is 0. The van der Waals surface area contributed by atoms with Crippen LogP contribution in [0.15, 0.2) is 40.1 Å². The van der Waals surface area contributed by atoms with Crippen LogP contribution < -0.4 is 5.32 Å². The Balaban J connectivity index is 1.67. The van der Waals surface area contributed by atoms with Gasteiger partial charge in [-0.15, -0.1) is 0 Å². The number of oxime groups is 1. The van der Waals surface area contributed by atoms with Crippen molar-refractivity contribution in [2.24, 2.45) is 5.16 Å². The highest BCUT2D eigenvalue weighted by Gasteiger charge is 2.21. The van der Waals surface area contributed by atoms with Crippen LogP contribution in [-0.4, -0.2) is 17.7 Å². The summed E-state index contributed by atoms with van der Waals surface area (Å²) in [5.74, 6) is 0.0476. The summed E-state index contributed by atoms with van der Waals surface area (Å²) in [6.07, 6.45) is 2.87. The topological polar surface area (TPSA) is 80.9 Å². The Labute approximate surface area is 147 Å². The zero-order valence-electron chi connectivity index (χ0n) is 12.3. The molecule has 1 aromatic carbocycles. The number of nitrogens with one attached hydrogen (secondary N) is 1. The number of furan rings is 1. The van der Waals surface area contributed by atoms with Crippen LogP contribution in [0, 0.1) is 0 Å². The lowest BCUT2D eigenvalue weighted by molar-refractivity contribution is 0.0923. The van der Waals surface area contributed by atoms with E-state index in [1.807, 2.05) is 5.32 Å². The molecule has 24 heavy (non-hydrogen) atoms. The fourth-order valence-corrected chi connectivity index (χ4v) is 3.00. The maximum absolute atomic E-state index is 12.1. The Morgan fingerprint density at radius 2 is 1.92 bits per heavy atom. The minimum atomic E-state index is -1.01. The molecule has 2 aromatic rings. The first kappa shape index (κ1) is 16.5. The van der Waals surface area contributed by atoms with Crippen LogP contribution in [0.4, 0.5) is 4.79 Å². The molecule has 6 nitrogen and oxygen atoms in total. The zero-order chi connectivity index (χ0) is 17.1. The van der Waals surface area contributed by atoms with Crippen LogP contribution in [0.5, 0.6) is 0 Å². The SMILES string of the molecule is O=C(NC(=O)c1c(Cl)cccc1Cl)O/N=C1\CCCc2occc21. The Morgan fingerprint density at radius 1 is 1.17 bits per heavy atom. The van der Waals surface area contributed by atoms with Crippen molar-refractivity contribution in [3.05, 3.63) is 57.5 Å². The molecule has 124 valence electrons. The molecule has 0 saturated heterocycles. The lowest BCUT2D eigenvalue weighted by Crippen LogP contribution is -2.30. The number of nitrogens with zero attached hydrogens (tertiary/aromatic N) is 1. The van der Waals surface area contributed by atoms with E-state index in [1.54, 1.807) is 18.4 Å². The van der Waals surface area contributed by atoms with Gasteiger partial charge in [-0.2, -0.15) is 0 Å². The van der Waals surface area contributed by atoms with Crippen molar-refractivity contribution in [1.82, 2.24) is 5.32 Å². The van der Waals surface area contributed by atoms with Crippen molar-refractivity contribution >= 4 is 40.9 Å². The monoisotopic (exact) mass is 366 g/mol. The summed E-state index contributed by atoms with van der Waals surface area (Å²) in [5.41, 5.74) is 1.41. The van der Waals surface area contributed by atoms with Crippen LogP contribution in [-0.2, 0) is 11.3 Å². The summed E-state index contributed by atoms with van der Waals surface area (Å²) in [5, 5.41) is 6.12. The molecule has 1 aromatic heterocycles. The smallest absolute Gasteiger partial charge is 0.440 e. The van der Waals surface area contributed by atoms with E-state index in [9.17, 15) is 9.59 Å². The van der Waals surface area contributed by atoms with E-state index in [0.29, 0.717) is 12.1 Å². The molecular formula is C16H12Cl2N2O4. The van der Waals surface area contributed by atoms with E-state index in [0.717, 1.165) is 24.2 Å². The summed E-state index contributed by atoms with van der Waals surface area (Å²) in [4.78, 5) is 28.6. The Hall–Kier alpha value is -2.31. The third-order valence-corrected chi connectivity index (χ3v) is 4.15. The summed E-state index contributed by atoms with van der Waals surface area (Å²) in [6, 6.07) is 6.35. The molecule has 1 heterocycles. The van der Waals surface area contributed by atoms with E-state index >= 15 is 0 Å². The maximum Gasteiger partial charge on any atom is 0.440 e. The Kier molecular flexibility index (Phi) is 4.87. The zero-order valence-corrected chi connectivity index (χ0v) is 13.9. The van der Waals surface area contributed by atoms with E-state index in [4.69, 9.17) is 32.5 Å². The van der Waals surface area contributed by atoms with Crippen molar-refractivity contribution in [2.45, 2.75) is 19.3 Å². The van der Waals surface area contributed by atoms with Crippen LogP contribution in [0.25, 0.3) is 0 Å². The molecule has 0 saturated carbocycles. The highest BCUT2D eigenvalue weighted by molar-refractivity contribution is 6.40. The first-order valence-electron chi connectivity index (χ1n) is 7.16. The number of halogens is 2. The molecule has 3 rings (SSSR count). The van der Waals surface area contributed by atoms with Gasteiger partial charge in [0.1, 0.15) is 5.76 Å². The standard InChI is InChI=1S/C16H12Cl2N2O4/c17-10-3-1-4-11(18)14(10)15(21)19-16(22)24-20-12-5-2-6-13-9(12)7-8-23-13/h1,3-4,7-8H,2,5-6H2,(H,19,21,22)/b20-12+. The second kappa shape index (κ2) is 7.07. The van der Waals surface area contributed by atoms with Crippen molar-refractivity contribution in [1.29, 1.82) is 0 Å². The maximum atomic E-state index is 12.1. The molecule has 0 radical (unpaired) electrons. The molecule has 0 unspecified atom stereocenters. The van der Waals surface area contributed by atoms with Crippen LogP contribution in [0.1, 0.15) is 34.5 Å². The quantitative estimate of drug-likeness (QED) is 0.637. The fourth-order valence-electron chi connectivity index (χ4n) is 2.43. The van der Waals surface area contributed by atoms with Crippen LogP contribution in [0.3, 0.4) is 0 Å². The molecule has 0 aliphatic heterocycles. The molecule has 0 bridgehead atoms. The number of hydrogen-bond acceptors (Lipinski definition) is 5. The Bertz CT molecular complexity index is 809. The van der Waals surface area contributed by atoms with Crippen LogP contribution in [0.2, 0.25) is 10.0 Å². The summed E-state index contributed by atoms with van der Waals surface area (Å²) in [7, 11) is 0. The minimum absolute atomic E-state index is 0.000207. The molecule has 1 N–H and O–H groups in total. The number of carbonyl (C=O) groups is 2. The molecule has 0 spiro atoms. The number of fused-ring (bicyclic) bond motifs is 1. The Morgan fingerprint density at radius 3 is 2.67 bits per heavy atom. The number of aryl methyl sites for hydroxylation is 1. The summed E-state index contributed by atoms with van der Waals surface area (Å²) >= 11 is 11.8. The average molecular weight is 367 g/mol. The number of rotatable bonds is 2. The van der Waals surface area contributed by atoms with Crippen molar-refractivity contribution in [3.63, 3.8) is 0 Å². The number of amides is 2. The van der Waals surface area contributed by atoms with Crippen molar-refractivity contribution in [2.75, 3.05) is 0 Å². The van der Waals surface area contributed by atoms with E-state index in [-0.39, 0.29) is 15.6 Å². The number of hydrogen-bond donors (Lipinski definition) is 1. The van der Waals surface area contributed by atoms with Gasteiger partial charge in [0, 0.05) is 12.0 Å². The average Bonchev–Trinajstić information content (AvgIpc) is 3.01. The lowest BCUT2D eigenvalue weighted by atomic mass is 9.97. The molecular weight excluding hydrogens is 355 g/mol. The number of carbonyl (C=O) groups excluding carboxylic acids is 2. The third-order valence-electron chi connectivity index (χ3n) is 3.52. The first-order valence-corrected chi connectivity index (χ1v) is 7.92. The number of imide groups is 1. The van der Waals surface area contributed by atoms with Gasteiger partial charge in [-0.05, 0) is 31.0 Å². The van der Waals surface area contributed by atoms with Gasteiger partial charge in [0.05, 0.1) is 27.6 Å². The minimum Gasteiger partial charge on any atom is -0.469 e. The van der Waals surface area contributed by atoms with Gasteiger partial charge in [-0.3, -0.25) is 14.9 Å². The lowest BCUT2D eigenvalue weighted by Gasteiger charge is -2.11. The molecule has 1 aliphatic carbocycles. The molecule has 8 heteroatoms. The molecule has 2 amide bonds. The second-order valence-corrected chi connectivity index (χ2v) is 5.89. The van der Waals surface area contributed by atoms with Gasteiger partial charge < -0.3 is 4.42 Å². The molecule has 0 fully saturated rings. The van der Waals surface area contributed by atoms with Crippen molar-refractivity contribution in [3.8, 4) is 0 Å². The van der Waals surface area contributed by atoms with E-state index < -0.39 is 12.0 Å².